The van der Waals surface area contributed by atoms with E-state index in [2.05, 4.69) is 17.6 Å². The van der Waals surface area contributed by atoms with E-state index < -0.39 is 0 Å². The van der Waals surface area contributed by atoms with Gasteiger partial charge in [-0.05, 0) is 24.6 Å². The Bertz CT molecular complexity index is 545. The molecule has 1 fully saturated rings. The summed E-state index contributed by atoms with van der Waals surface area (Å²) in [6, 6.07) is 7.15. The smallest absolute Gasteiger partial charge is 0.321 e. The Kier molecular flexibility index (Phi) is 7.59. The largest absolute Gasteiger partial charge is 0.352 e. The monoisotopic (exact) mass is 331 g/mol. The van der Waals surface area contributed by atoms with Crippen molar-refractivity contribution in [2.24, 2.45) is 0 Å². The number of anilines is 1. The third kappa shape index (κ3) is 5.55. The molecule has 2 N–H and O–H groups in total. The van der Waals surface area contributed by atoms with E-state index >= 15 is 0 Å². The fourth-order valence-electron chi connectivity index (χ4n) is 2.92. The third-order valence-corrected chi connectivity index (χ3v) is 4.34. The lowest BCUT2D eigenvalue weighted by Crippen LogP contribution is -2.28. The highest BCUT2D eigenvalue weighted by Gasteiger charge is 2.21. The maximum atomic E-state index is 12.2. The Morgan fingerprint density at radius 3 is 2.62 bits per heavy atom. The third-order valence-electron chi connectivity index (χ3n) is 4.34. The Balaban J connectivity index is 1.71. The van der Waals surface area contributed by atoms with Crippen LogP contribution in [0.4, 0.5) is 10.5 Å². The van der Waals surface area contributed by atoms with E-state index in [9.17, 15) is 9.59 Å². The van der Waals surface area contributed by atoms with Gasteiger partial charge in [-0.25, -0.2) is 4.79 Å². The van der Waals surface area contributed by atoms with Crippen LogP contribution < -0.4 is 15.5 Å². The summed E-state index contributed by atoms with van der Waals surface area (Å²) in [5.74, 6) is -0.0672. The standard InChI is InChI=1S/C19H29N3O2/c1-2-3-4-5-6-7-8-12-20-18(23)16-10-9-11-17(15-16)22-14-13-21-19(22)24/h9-11,15H,2-8,12-14H2,1H3,(H,20,23)(H,21,24). The minimum absolute atomic E-state index is 0.0672. The second-order valence-corrected chi connectivity index (χ2v) is 6.31. The van der Waals surface area contributed by atoms with Crippen molar-refractivity contribution in [2.75, 3.05) is 24.5 Å². The SMILES string of the molecule is CCCCCCCCCNC(=O)c1cccc(N2CCNC2=O)c1. The first-order chi connectivity index (χ1) is 11.7. The second-order valence-electron chi connectivity index (χ2n) is 6.31. The van der Waals surface area contributed by atoms with Crippen molar-refractivity contribution in [1.82, 2.24) is 10.6 Å². The van der Waals surface area contributed by atoms with Crippen LogP contribution >= 0.6 is 0 Å². The first kappa shape index (κ1) is 18.3. The predicted molar refractivity (Wildman–Crippen MR) is 97.5 cm³/mol. The Morgan fingerprint density at radius 2 is 1.92 bits per heavy atom. The van der Waals surface area contributed by atoms with E-state index in [4.69, 9.17) is 0 Å². The number of hydrogen-bond acceptors (Lipinski definition) is 2. The van der Waals surface area contributed by atoms with Gasteiger partial charge in [0.05, 0.1) is 0 Å². The van der Waals surface area contributed by atoms with E-state index in [1.54, 1.807) is 17.0 Å². The van der Waals surface area contributed by atoms with Crippen LogP contribution in [0.25, 0.3) is 0 Å². The Morgan fingerprint density at radius 1 is 1.17 bits per heavy atom. The summed E-state index contributed by atoms with van der Waals surface area (Å²) in [5.41, 5.74) is 1.38. The minimum Gasteiger partial charge on any atom is -0.352 e. The number of rotatable bonds is 10. The average molecular weight is 331 g/mol. The van der Waals surface area contributed by atoms with E-state index in [1.165, 1.54) is 32.1 Å². The number of hydrogen-bond donors (Lipinski definition) is 2. The molecule has 5 nitrogen and oxygen atoms in total. The second kappa shape index (κ2) is 9.96. The van der Waals surface area contributed by atoms with Crippen LogP contribution in [0.3, 0.4) is 0 Å². The molecular weight excluding hydrogens is 302 g/mol. The van der Waals surface area contributed by atoms with Crippen molar-refractivity contribution in [3.63, 3.8) is 0 Å². The van der Waals surface area contributed by atoms with Gasteiger partial charge in [-0.3, -0.25) is 9.69 Å². The number of benzene rings is 1. The lowest BCUT2D eigenvalue weighted by atomic mass is 10.1. The normalized spacial score (nSPS) is 13.9. The first-order valence-corrected chi connectivity index (χ1v) is 9.16. The molecule has 132 valence electrons. The molecule has 3 amide bonds. The quantitative estimate of drug-likeness (QED) is 0.642. The number of carbonyl (C=O) groups is 2. The summed E-state index contributed by atoms with van der Waals surface area (Å²) in [6.07, 6.45) is 8.64. The molecule has 0 radical (unpaired) electrons. The highest BCUT2D eigenvalue weighted by molar-refractivity contribution is 5.98. The number of carbonyl (C=O) groups excluding carboxylic acids is 2. The van der Waals surface area contributed by atoms with Gasteiger partial charge in [0.1, 0.15) is 0 Å². The van der Waals surface area contributed by atoms with Crippen molar-refractivity contribution in [3.8, 4) is 0 Å². The molecule has 1 aliphatic rings. The number of nitrogens with zero attached hydrogens (tertiary/aromatic N) is 1. The van der Waals surface area contributed by atoms with Crippen molar-refractivity contribution >= 4 is 17.6 Å². The Hall–Kier alpha value is -2.04. The first-order valence-electron chi connectivity index (χ1n) is 9.16. The van der Waals surface area contributed by atoms with Gasteiger partial charge >= 0.3 is 6.03 Å². The fraction of sp³-hybridized carbons (Fsp3) is 0.579. The van der Waals surface area contributed by atoms with Crippen LogP contribution in [0.5, 0.6) is 0 Å². The maximum Gasteiger partial charge on any atom is 0.321 e. The predicted octanol–water partition coefficient (Wildman–Crippen LogP) is 3.70. The number of amides is 3. The molecule has 0 unspecified atom stereocenters. The zero-order valence-corrected chi connectivity index (χ0v) is 14.6. The van der Waals surface area contributed by atoms with Gasteiger partial charge in [-0.1, -0.05) is 51.5 Å². The molecule has 1 aromatic rings. The molecule has 2 rings (SSSR count). The lowest BCUT2D eigenvalue weighted by molar-refractivity contribution is 0.0953. The molecule has 1 saturated heterocycles. The van der Waals surface area contributed by atoms with Gasteiger partial charge in [0, 0.05) is 30.9 Å². The zero-order chi connectivity index (χ0) is 17.2. The molecule has 1 aliphatic heterocycles. The van der Waals surface area contributed by atoms with E-state index in [0.717, 1.165) is 18.5 Å². The van der Waals surface area contributed by atoms with Gasteiger partial charge in [-0.15, -0.1) is 0 Å². The molecular formula is C19H29N3O2. The van der Waals surface area contributed by atoms with Crippen LogP contribution in [0.1, 0.15) is 62.2 Å². The Labute approximate surface area is 144 Å². The molecule has 0 saturated carbocycles. The van der Waals surface area contributed by atoms with E-state index in [0.29, 0.717) is 25.2 Å². The molecule has 0 atom stereocenters. The number of nitrogens with one attached hydrogen (secondary N) is 2. The van der Waals surface area contributed by atoms with Crippen molar-refractivity contribution in [3.05, 3.63) is 29.8 Å². The van der Waals surface area contributed by atoms with Crippen LogP contribution in [0.15, 0.2) is 24.3 Å². The summed E-state index contributed by atoms with van der Waals surface area (Å²) >= 11 is 0. The van der Waals surface area contributed by atoms with Gasteiger partial charge in [0.15, 0.2) is 0 Å². The highest BCUT2D eigenvalue weighted by Crippen LogP contribution is 2.18. The molecule has 0 aromatic heterocycles. The van der Waals surface area contributed by atoms with Gasteiger partial charge in [0.2, 0.25) is 0 Å². The van der Waals surface area contributed by atoms with Gasteiger partial charge < -0.3 is 10.6 Å². The number of urea groups is 1. The molecule has 5 heteroatoms. The molecule has 0 aliphatic carbocycles. The van der Waals surface area contributed by atoms with Crippen molar-refractivity contribution in [2.45, 2.75) is 51.9 Å². The van der Waals surface area contributed by atoms with Gasteiger partial charge in [0.25, 0.3) is 5.91 Å². The fourth-order valence-corrected chi connectivity index (χ4v) is 2.92. The molecule has 0 spiro atoms. The van der Waals surface area contributed by atoms with Crippen LogP contribution in [0.2, 0.25) is 0 Å². The van der Waals surface area contributed by atoms with Crippen LogP contribution in [-0.4, -0.2) is 31.6 Å². The molecule has 0 bridgehead atoms. The van der Waals surface area contributed by atoms with Crippen LogP contribution in [0, 0.1) is 0 Å². The average Bonchev–Trinajstić information content (AvgIpc) is 3.03. The summed E-state index contributed by atoms with van der Waals surface area (Å²) in [6.45, 7) is 4.22. The lowest BCUT2D eigenvalue weighted by Gasteiger charge is -2.15. The maximum absolute atomic E-state index is 12.2. The van der Waals surface area contributed by atoms with E-state index in [1.807, 2.05) is 12.1 Å². The summed E-state index contributed by atoms with van der Waals surface area (Å²) in [7, 11) is 0. The molecule has 1 aromatic carbocycles. The summed E-state index contributed by atoms with van der Waals surface area (Å²) < 4.78 is 0. The zero-order valence-electron chi connectivity index (χ0n) is 14.6. The minimum atomic E-state index is -0.101. The summed E-state index contributed by atoms with van der Waals surface area (Å²) in [5, 5.41) is 5.74. The summed E-state index contributed by atoms with van der Waals surface area (Å²) in [4.78, 5) is 25.6. The highest BCUT2D eigenvalue weighted by atomic mass is 16.2. The van der Waals surface area contributed by atoms with Crippen molar-refractivity contribution < 1.29 is 9.59 Å². The number of unbranched alkanes of at least 4 members (excludes halogenated alkanes) is 6. The van der Waals surface area contributed by atoms with Crippen molar-refractivity contribution in [1.29, 1.82) is 0 Å². The molecule has 1 heterocycles. The molecule has 24 heavy (non-hydrogen) atoms. The van der Waals surface area contributed by atoms with Crippen LogP contribution in [-0.2, 0) is 0 Å². The topological polar surface area (TPSA) is 61.4 Å². The van der Waals surface area contributed by atoms with Gasteiger partial charge in [-0.2, -0.15) is 0 Å². The van der Waals surface area contributed by atoms with E-state index in [-0.39, 0.29) is 11.9 Å².